The van der Waals surface area contributed by atoms with Crippen LogP contribution in [0.3, 0.4) is 0 Å². The number of hydrogen-bond acceptors (Lipinski definition) is 4. The van der Waals surface area contributed by atoms with E-state index in [-0.39, 0.29) is 0 Å². The molecule has 1 saturated heterocycles. The number of amidine groups is 1. The maximum Gasteiger partial charge on any atom is 0.175 e. The Balaban J connectivity index is 1.95. The first kappa shape index (κ1) is 15.1. The molecule has 0 radical (unpaired) electrons. The first-order chi connectivity index (χ1) is 10.6. The van der Waals surface area contributed by atoms with Crippen LogP contribution in [0.15, 0.2) is 53.7 Å². The molecule has 5 heteroatoms. The number of thioether (sulfide) groups is 1. The molecule has 1 atom stereocenters. The Morgan fingerprint density at radius 2 is 2.05 bits per heavy atom. The average Bonchev–Trinajstić information content (AvgIpc) is 2.86. The Morgan fingerprint density at radius 3 is 2.68 bits per heavy atom. The van der Waals surface area contributed by atoms with Gasteiger partial charge in [-0.15, -0.1) is 0 Å². The van der Waals surface area contributed by atoms with E-state index in [4.69, 9.17) is 0 Å². The van der Waals surface area contributed by atoms with Gasteiger partial charge in [0.25, 0.3) is 0 Å². The van der Waals surface area contributed by atoms with Crippen LogP contribution in [0.1, 0.15) is 18.1 Å². The fourth-order valence-corrected chi connectivity index (χ4v) is 3.79. The van der Waals surface area contributed by atoms with Crippen molar-refractivity contribution in [2.24, 2.45) is 4.99 Å². The normalized spacial score (nSPS) is 23.2. The summed E-state index contributed by atoms with van der Waals surface area (Å²) < 4.78 is 0. The Kier molecular flexibility index (Phi) is 4.18. The first-order valence-electron chi connectivity index (χ1n) is 7.33. The van der Waals surface area contributed by atoms with Crippen molar-refractivity contribution in [1.29, 1.82) is 0 Å². The maximum atomic E-state index is 11.2. The highest BCUT2D eigenvalue weighted by atomic mass is 32.2. The number of hydrogen-bond donors (Lipinski definition) is 1. The summed E-state index contributed by atoms with van der Waals surface area (Å²) in [7, 11) is 0. The van der Waals surface area contributed by atoms with E-state index in [2.05, 4.69) is 9.98 Å². The van der Waals surface area contributed by atoms with Crippen LogP contribution in [0.4, 0.5) is 5.82 Å². The van der Waals surface area contributed by atoms with E-state index in [1.807, 2.05) is 61.2 Å². The van der Waals surface area contributed by atoms with Gasteiger partial charge in [-0.1, -0.05) is 47.7 Å². The number of aliphatic imine (C=N–C) groups is 1. The summed E-state index contributed by atoms with van der Waals surface area (Å²) in [6.07, 6.45) is 1.72. The van der Waals surface area contributed by atoms with Crippen LogP contribution in [0.25, 0.3) is 0 Å². The standard InChI is InChI=1S/C17H19N3OS/c1-3-20-16(19-15-6-4-5-11-18-15)22-12-17(20,21)14-9-7-13(2)8-10-14/h4-11,21H,3,12H2,1-2H3/b19-16-. The molecule has 0 bridgehead atoms. The van der Waals surface area contributed by atoms with Crippen LogP contribution < -0.4 is 0 Å². The van der Waals surface area contributed by atoms with E-state index in [1.165, 1.54) is 5.56 Å². The molecule has 2 aromatic rings. The molecule has 1 N–H and O–H groups in total. The summed E-state index contributed by atoms with van der Waals surface area (Å²) in [6.45, 7) is 4.75. The van der Waals surface area contributed by atoms with Crippen molar-refractivity contribution in [2.45, 2.75) is 19.6 Å². The number of benzene rings is 1. The minimum absolute atomic E-state index is 0.565. The van der Waals surface area contributed by atoms with Gasteiger partial charge in [-0.25, -0.2) is 9.98 Å². The number of nitrogens with zero attached hydrogens (tertiary/aromatic N) is 3. The highest BCUT2D eigenvalue weighted by molar-refractivity contribution is 8.14. The predicted octanol–water partition coefficient (Wildman–Crippen LogP) is 3.29. The molecule has 3 rings (SSSR count). The van der Waals surface area contributed by atoms with Crippen molar-refractivity contribution in [2.75, 3.05) is 12.3 Å². The minimum atomic E-state index is -1.01. The van der Waals surface area contributed by atoms with Gasteiger partial charge in [-0.05, 0) is 26.0 Å². The third-order valence-corrected chi connectivity index (χ3v) is 4.89. The SMILES string of the molecule is CCN1/C(=N/c2ccccn2)SCC1(O)c1ccc(C)cc1. The smallest absolute Gasteiger partial charge is 0.175 e. The van der Waals surface area contributed by atoms with Gasteiger partial charge in [0.1, 0.15) is 0 Å². The Hall–Kier alpha value is -1.85. The molecule has 2 heterocycles. The molecule has 1 fully saturated rings. The van der Waals surface area contributed by atoms with E-state index in [0.717, 1.165) is 10.7 Å². The van der Waals surface area contributed by atoms with Gasteiger partial charge < -0.3 is 10.0 Å². The topological polar surface area (TPSA) is 48.7 Å². The summed E-state index contributed by atoms with van der Waals surface area (Å²) in [4.78, 5) is 10.8. The van der Waals surface area contributed by atoms with E-state index in [0.29, 0.717) is 18.1 Å². The van der Waals surface area contributed by atoms with Crippen LogP contribution in [0, 0.1) is 6.92 Å². The van der Waals surface area contributed by atoms with Crippen LogP contribution in [0.5, 0.6) is 0 Å². The highest BCUT2D eigenvalue weighted by Crippen LogP contribution is 2.39. The molecule has 0 spiro atoms. The average molecular weight is 313 g/mol. The zero-order valence-electron chi connectivity index (χ0n) is 12.7. The minimum Gasteiger partial charge on any atom is -0.366 e. The van der Waals surface area contributed by atoms with E-state index < -0.39 is 5.72 Å². The summed E-state index contributed by atoms with van der Waals surface area (Å²) in [6, 6.07) is 13.7. The fraction of sp³-hybridized carbons (Fsp3) is 0.294. The van der Waals surface area contributed by atoms with Crippen LogP contribution in [-0.2, 0) is 5.72 Å². The van der Waals surface area contributed by atoms with E-state index in [1.54, 1.807) is 18.0 Å². The highest BCUT2D eigenvalue weighted by Gasteiger charge is 2.43. The molecule has 22 heavy (non-hydrogen) atoms. The van der Waals surface area contributed by atoms with Crippen LogP contribution in [-0.4, -0.2) is 32.5 Å². The van der Waals surface area contributed by atoms with Crippen molar-refractivity contribution >= 4 is 22.7 Å². The van der Waals surface area contributed by atoms with Crippen molar-refractivity contribution in [3.8, 4) is 0 Å². The van der Waals surface area contributed by atoms with Crippen LogP contribution >= 0.6 is 11.8 Å². The fourth-order valence-electron chi connectivity index (χ4n) is 2.55. The number of rotatable bonds is 3. The first-order valence-corrected chi connectivity index (χ1v) is 8.32. The number of aryl methyl sites for hydroxylation is 1. The van der Waals surface area contributed by atoms with Crippen molar-refractivity contribution in [1.82, 2.24) is 9.88 Å². The lowest BCUT2D eigenvalue weighted by Gasteiger charge is -2.33. The van der Waals surface area contributed by atoms with Gasteiger partial charge in [-0.3, -0.25) is 0 Å². The molecule has 114 valence electrons. The quantitative estimate of drug-likeness (QED) is 0.944. The largest absolute Gasteiger partial charge is 0.366 e. The summed E-state index contributed by atoms with van der Waals surface area (Å²) in [5.41, 5.74) is 1.07. The van der Waals surface area contributed by atoms with Gasteiger partial charge in [-0.2, -0.15) is 0 Å². The lowest BCUT2D eigenvalue weighted by atomic mass is 10.0. The number of aliphatic hydroxyl groups is 1. The zero-order valence-corrected chi connectivity index (χ0v) is 13.5. The monoisotopic (exact) mass is 313 g/mol. The third kappa shape index (κ3) is 2.74. The second-order valence-corrected chi connectivity index (χ2v) is 6.24. The zero-order chi connectivity index (χ0) is 15.6. The Labute approximate surface area is 134 Å². The number of aromatic nitrogens is 1. The Morgan fingerprint density at radius 1 is 1.27 bits per heavy atom. The molecule has 1 unspecified atom stereocenters. The summed E-state index contributed by atoms with van der Waals surface area (Å²) in [5, 5.41) is 12.0. The summed E-state index contributed by atoms with van der Waals surface area (Å²) in [5.74, 6) is 1.23. The Bertz CT molecular complexity index is 672. The van der Waals surface area contributed by atoms with Gasteiger partial charge in [0.15, 0.2) is 16.7 Å². The molecule has 1 aromatic heterocycles. The molecule has 4 nitrogen and oxygen atoms in total. The molecule has 0 saturated carbocycles. The lowest BCUT2D eigenvalue weighted by molar-refractivity contribution is -0.0452. The van der Waals surface area contributed by atoms with Gasteiger partial charge in [0.2, 0.25) is 0 Å². The molecule has 1 aliphatic heterocycles. The third-order valence-electron chi connectivity index (χ3n) is 3.77. The van der Waals surface area contributed by atoms with Crippen LogP contribution in [0.2, 0.25) is 0 Å². The van der Waals surface area contributed by atoms with Crippen molar-refractivity contribution < 1.29 is 5.11 Å². The molecule has 0 amide bonds. The van der Waals surface area contributed by atoms with Crippen molar-refractivity contribution in [3.63, 3.8) is 0 Å². The predicted molar refractivity (Wildman–Crippen MR) is 91.2 cm³/mol. The second-order valence-electron chi connectivity index (χ2n) is 5.30. The molecule has 1 aliphatic rings. The molecule has 1 aromatic carbocycles. The summed E-state index contributed by atoms with van der Waals surface area (Å²) >= 11 is 1.56. The van der Waals surface area contributed by atoms with E-state index >= 15 is 0 Å². The molecular formula is C17H19N3OS. The number of pyridine rings is 1. The molecular weight excluding hydrogens is 294 g/mol. The molecule has 0 aliphatic carbocycles. The lowest BCUT2D eigenvalue weighted by Crippen LogP contribution is -2.44. The maximum absolute atomic E-state index is 11.2. The van der Waals surface area contributed by atoms with Crippen molar-refractivity contribution in [3.05, 3.63) is 59.8 Å². The van der Waals surface area contributed by atoms with Gasteiger partial charge in [0, 0.05) is 18.3 Å². The van der Waals surface area contributed by atoms with Gasteiger partial charge in [0.05, 0.1) is 5.75 Å². The van der Waals surface area contributed by atoms with Gasteiger partial charge >= 0.3 is 0 Å². The second kappa shape index (κ2) is 6.10. The van der Waals surface area contributed by atoms with E-state index in [9.17, 15) is 5.11 Å².